The van der Waals surface area contributed by atoms with Gasteiger partial charge >= 0.3 is 0 Å². The van der Waals surface area contributed by atoms with E-state index in [1.807, 2.05) is 13.0 Å². The molecule has 2 rings (SSSR count). The lowest BCUT2D eigenvalue weighted by molar-refractivity contribution is 0.518. The van der Waals surface area contributed by atoms with Crippen molar-refractivity contribution in [1.29, 1.82) is 0 Å². The highest BCUT2D eigenvalue weighted by Crippen LogP contribution is 2.27. The number of aromatic nitrogens is 2. The van der Waals surface area contributed by atoms with E-state index in [9.17, 15) is 0 Å². The molecular formula is C13H23N5. The molecule has 100 valence electrons. The van der Waals surface area contributed by atoms with Crippen LogP contribution in [0.25, 0.3) is 0 Å². The van der Waals surface area contributed by atoms with Gasteiger partial charge in [0.1, 0.15) is 11.6 Å². The minimum absolute atomic E-state index is 0.316. The summed E-state index contributed by atoms with van der Waals surface area (Å²) >= 11 is 0. The number of nitrogens with one attached hydrogen (secondary N) is 2. The van der Waals surface area contributed by atoms with E-state index in [0.29, 0.717) is 5.95 Å². The Balaban J connectivity index is 1.83. The normalized spacial score (nSPS) is 15.8. The first-order chi connectivity index (χ1) is 8.78. The van der Waals surface area contributed by atoms with Crippen LogP contribution < -0.4 is 16.4 Å². The topological polar surface area (TPSA) is 75.9 Å². The Morgan fingerprint density at radius 1 is 1.22 bits per heavy atom. The van der Waals surface area contributed by atoms with Crippen LogP contribution in [-0.2, 0) is 0 Å². The second-order valence-corrected chi connectivity index (χ2v) is 4.89. The van der Waals surface area contributed by atoms with Gasteiger partial charge in [0.05, 0.1) is 0 Å². The molecule has 0 spiro atoms. The summed E-state index contributed by atoms with van der Waals surface area (Å²) in [5.74, 6) is 2.81. The van der Waals surface area contributed by atoms with Gasteiger partial charge in [-0.25, -0.2) is 0 Å². The summed E-state index contributed by atoms with van der Waals surface area (Å²) in [5, 5.41) is 6.49. The molecule has 0 radical (unpaired) electrons. The monoisotopic (exact) mass is 249 g/mol. The molecule has 1 heterocycles. The van der Waals surface area contributed by atoms with E-state index in [1.54, 1.807) is 0 Å². The third-order valence-corrected chi connectivity index (χ3v) is 3.43. The number of rotatable bonds is 6. The number of nitrogens with zero attached hydrogens (tertiary/aromatic N) is 2. The van der Waals surface area contributed by atoms with Gasteiger partial charge in [-0.3, -0.25) is 0 Å². The van der Waals surface area contributed by atoms with Crippen LogP contribution in [0.2, 0.25) is 0 Å². The van der Waals surface area contributed by atoms with E-state index in [2.05, 4.69) is 20.6 Å². The highest BCUT2D eigenvalue weighted by atomic mass is 15.1. The van der Waals surface area contributed by atoms with Crippen molar-refractivity contribution < 1.29 is 0 Å². The Hall–Kier alpha value is -1.52. The van der Waals surface area contributed by atoms with Crippen molar-refractivity contribution in [3.8, 4) is 0 Å². The van der Waals surface area contributed by atoms with E-state index in [4.69, 9.17) is 5.73 Å². The maximum atomic E-state index is 5.68. The van der Waals surface area contributed by atoms with E-state index >= 15 is 0 Å². The molecule has 4 N–H and O–H groups in total. The third-order valence-electron chi connectivity index (χ3n) is 3.43. The van der Waals surface area contributed by atoms with E-state index in [0.717, 1.165) is 30.6 Å². The largest absolute Gasteiger partial charge is 0.370 e. The molecule has 0 atom stereocenters. The lowest BCUT2D eigenvalue weighted by Crippen LogP contribution is -2.10. The number of hydrogen-bond donors (Lipinski definition) is 3. The number of hydrogen-bond acceptors (Lipinski definition) is 5. The fraction of sp³-hybridized carbons (Fsp3) is 0.692. The summed E-state index contributed by atoms with van der Waals surface area (Å²) in [6, 6.07) is 1.91. The molecule has 1 fully saturated rings. The van der Waals surface area contributed by atoms with Gasteiger partial charge in [0.2, 0.25) is 5.95 Å². The molecule has 18 heavy (non-hydrogen) atoms. The highest BCUT2D eigenvalue weighted by Gasteiger charge is 2.14. The Morgan fingerprint density at radius 3 is 2.56 bits per heavy atom. The Morgan fingerprint density at radius 2 is 1.89 bits per heavy atom. The maximum Gasteiger partial charge on any atom is 0.223 e. The molecule has 0 aromatic carbocycles. The number of anilines is 3. The van der Waals surface area contributed by atoms with Crippen molar-refractivity contribution in [2.45, 2.75) is 39.0 Å². The van der Waals surface area contributed by atoms with Crippen molar-refractivity contribution >= 4 is 17.6 Å². The van der Waals surface area contributed by atoms with Crippen LogP contribution >= 0.6 is 0 Å². The van der Waals surface area contributed by atoms with Gasteiger partial charge < -0.3 is 16.4 Å². The zero-order chi connectivity index (χ0) is 12.8. The molecule has 5 heteroatoms. The summed E-state index contributed by atoms with van der Waals surface area (Å²) in [7, 11) is 0. The highest BCUT2D eigenvalue weighted by molar-refractivity contribution is 5.50. The molecule has 5 nitrogen and oxygen atoms in total. The summed E-state index contributed by atoms with van der Waals surface area (Å²) in [5.41, 5.74) is 5.68. The second-order valence-electron chi connectivity index (χ2n) is 4.89. The predicted molar refractivity (Wildman–Crippen MR) is 75.7 cm³/mol. The summed E-state index contributed by atoms with van der Waals surface area (Å²) in [4.78, 5) is 8.32. The molecular weight excluding hydrogens is 226 g/mol. The van der Waals surface area contributed by atoms with Gasteiger partial charge in [0, 0.05) is 19.2 Å². The summed E-state index contributed by atoms with van der Waals surface area (Å²) < 4.78 is 0. The fourth-order valence-electron chi connectivity index (χ4n) is 2.53. The molecule has 1 aliphatic carbocycles. The molecule has 0 amide bonds. The Labute approximate surface area is 109 Å². The third kappa shape index (κ3) is 3.75. The smallest absolute Gasteiger partial charge is 0.223 e. The van der Waals surface area contributed by atoms with Gasteiger partial charge in [-0.2, -0.15) is 9.97 Å². The van der Waals surface area contributed by atoms with Crippen LogP contribution in [0.15, 0.2) is 6.07 Å². The van der Waals surface area contributed by atoms with E-state index in [-0.39, 0.29) is 0 Å². The van der Waals surface area contributed by atoms with Crippen molar-refractivity contribution in [3.63, 3.8) is 0 Å². The van der Waals surface area contributed by atoms with Crippen molar-refractivity contribution in [3.05, 3.63) is 6.07 Å². The minimum atomic E-state index is 0.316. The maximum absolute atomic E-state index is 5.68. The van der Waals surface area contributed by atoms with Crippen molar-refractivity contribution in [1.82, 2.24) is 9.97 Å². The van der Waals surface area contributed by atoms with Gasteiger partial charge in [-0.05, 0) is 19.3 Å². The van der Waals surface area contributed by atoms with Gasteiger partial charge in [0.15, 0.2) is 0 Å². The lowest BCUT2D eigenvalue weighted by Gasteiger charge is -2.11. The van der Waals surface area contributed by atoms with Crippen LogP contribution in [0.4, 0.5) is 17.6 Å². The standard InChI is InChI=1S/C13H23N5/c1-2-15-11-9-12(18-13(14)17-11)16-8-7-10-5-3-4-6-10/h9-10H,2-8H2,1H3,(H4,14,15,16,17,18). The SMILES string of the molecule is CCNc1cc(NCCC2CCCC2)nc(N)n1. The molecule has 0 bridgehead atoms. The zero-order valence-corrected chi connectivity index (χ0v) is 11.1. The number of nitrogens with two attached hydrogens (primary N) is 1. The average molecular weight is 249 g/mol. The first-order valence-corrected chi connectivity index (χ1v) is 6.90. The first-order valence-electron chi connectivity index (χ1n) is 6.90. The minimum Gasteiger partial charge on any atom is -0.370 e. The number of nitrogen functional groups attached to an aromatic ring is 1. The Bertz CT molecular complexity index is 374. The predicted octanol–water partition coefficient (Wildman–Crippen LogP) is 2.48. The van der Waals surface area contributed by atoms with Gasteiger partial charge in [-0.15, -0.1) is 0 Å². The molecule has 1 aliphatic rings. The quantitative estimate of drug-likeness (QED) is 0.722. The second kappa shape index (κ2) is 6.42. The molecule has 1 aromatic rings. The summed E-state index contributed by atoms with van der Waals surface area (Å²) in [6.07, 6.45) is 6.79. The molecule has 1 saturated carbocycles. The average Bonchev–Trinajstić information content (AvgIpc) is 2.82. The Kier molecular flexibility index (Phi) is 4.61. The van der Waals surface area contributed by atoms with Crippen LogP contribution in [0.3, 0.4) is 0 Å². The zero-order valence-electron chi connectivity index (χ0n) is 11.1. The summed E-state index contributed by atoms with van der Waals surface area (Å²) in [6.45, 7) is 3.83. The molecule has 0 aliphatic heterocycles. The van der Waals surface area contributed by atoms with Crippen LogP contribution in [0.1, 0.15) is 39.0 Å². The fourth-order valence-corrected chi connectivity index (χ4v) is 2.53. The van der Waals surface area contributed by atoms with Gasteiger partial charge in [-0.1, -0.05) is 25.7 Å². The lowest BCUT2D eigenvalue weighted by atomic mass is 10.0. The van der Waals surface area contributed by atoms with E-state index < -0.39 is 0 Å². The van der Waals surface area contributed by atoms with Crippen LogP contribution in [0, 0.1) is 5.92 Å². The van der Waals surface area contributed by atoms with Crippen LogP contribution in [0.5, 0.6) is 0 Å². The van der Waals surface area contributed by atoms with E-state index in [1.165, 1.54) is 32.1 Å². The molecule has 1 aromatic heterocycles. The van der Waals surface area contributed by atoms with Crippen molar-refractivity contribution in [2.75, 3.05) is 29.5 Å². The van der Waals surface area contributed by atoms with Gasteiger partial charge in [0.25, 0.3) is 0 Å². The van der Waals surface area contributed by atoms with Crippen molar-refractivity contribution in [2.24, 2.45) is 5.92 Å². The first kappa shape index (κ1) is 12.9. The molecule has 0 saturated heterocycles. The molecule has 0 unspecified atom stereocenters. The van der Waals surface area contributed by atoms with Crippen LogP contribution in [-0.4, -0.2) is 23.1 Å².